The lowest BCUT2D eigenvalue weighted by atomic mass is 9.68. The minimum Gasteiger partial charge on any atom is -0.384 e. The summed E-state index contributed by atoms with van der Waals surface area (Å²) in [5, 5.41) is 22.4. The second kappa shape index (κ2) is 11.9. The molecule has 3 aromatic carbocycles. The van der Waals surface area contributed by atoms with Crippen molar-refractivity contribution < 1.29 is 9.72 Å². The number of carbonyl (C=O) groups is 1. The van der Waals surface area contributed by atoms with E-state index in [1.165, 1.54) is 23.8 Å². The molecule has 3 aromatic rings. The largest absolute Gasteiger partial charge is 0.384 e. The number of nitriles is 1. The Hall–Kier alpha value is -4.06. The summed E-state index contributed by atoms with van der Waals surface area (Å²) in [4.78, 5) is 26.8. The van der Waals surface area contributed by atoms with Crippen LogP contribution in [0.2, 0.25) is 5.02 Å². The Bertz CT molecular complexity index is 1740. The molecule has 0 saturated heterocycles. The van der Waals surface area contributed by atoms with Crippen LogP contribution < -0.4 is 10.6 Å². The number of nitro groups is 1. The van der Waals surface area contributed by atoms with Crippen molar-refractivity contribution in [2.45, 2.75) is 58.0 Å². The van der Waals surface area contributed by atoms with Gasteiger partial charge in [-0.15, -0.1) is 0 Å². The standard InChI is InChI=1S/C34H33ClN4O3S/c1-20-12-23(19-43-18-22-8-6-5-7-9-22)21(2)25(13-20)31-26(17-36)33(37)38(28-14-24(39(41)42)10-11-27(28)35)29-15-34(3,4)16-30(40)32(29)31/h5-14,31H,15-16,18-19,37H2,1-4H3. The molecule has 1 aliphatic carbocycles. The molecule has 7 nitrogen and oxygen atoms in total. The maximum Gasteiger partial charge on any atom is 0.271 e. The molecular formula is C34H33ClN4O3S. The van der Waals surface area contributed by atoms with Crippen LogP contribution in [0.3, 0.4) is 0 Å². The van der Waals surface area contributed by atoms with Gasteiger partial charge in [-0.1, -0.05) is 73.5 Å². The van der Waals surface area contributed by atoms with Gasteiger partial charge in [-0.25, -0.2) is 0 Å². The van der Waals surface area contributed by atoms with Gasteiger partial charge in [0.2, 0.25) is 0 Å². The van der Waals surface area contributed by atoms with E-state index in [1.807, 2.05) is 63.7 Å². The van der Waals surface area contributed by atoms with E-state index in [-0.39, 0.29) is 33.6 Å². The fraction of sp³-hybridized carbons (Fsp3) is 0.294. The Morgan fingerprint density at radius 2 is 1.84 bits per heavy atom. The molecular weight excluding hydrogens is 580 g/mol. The molecule has 5 rings (SSSR count). The Morgan fingerprint density at radius 3 is 2.51 bits per heavy atom. The summed E-state index contributed by atoms with van der Waals surface area (Å²) in [6.07, 6.45) is 0.787. The predicted molar refractivity (Wildman–Crippen MR) is 173 cm³/mol. The van der Waals surface area contributed by atoms with Crippen molar-refractivity contribution in [3.05, 3.63) is 126 Å². The molecule has 2 N–H and O–H groups in total. The van der Waals surface area contributed by atoms with Crippen LogP contribution in [0.5, 0.6) is 0 Å². The number of halogens is 1. The number of thioether (sulfide) groups is 1. The molecule has 0 amide bonds. The SMILES string of the molecule is Cc1cc(CSCc2ccccc2)c(C)c(C2C(C#N)=C(N)N(c3cc([N+](=O)[O-])ccc3Cl)C3=C2C(=O)CC(C)(C)C3)c1. The third kappa shape index (κ3) is 5.93. The minimum atomic E-state index is -0.657. The van der Waals surface area contributed by atoms with Crippen molar-refractivity contribution >= 4 is 40.5 Å². The van der Waals surface area contributed by atoms with E-state index in [9.17, 15) is 20.2 Å². The summed E-state index contributed by atoms with van der Waals surface area (Å²) >= 11 is 8.42. The zero-order valence-electron chi connectivity index (χ0n) is 24.6. The highest BCUT2D eigenvalue weighted by Gasteiger charge is 2.45. The number of aryl methyl sites for hydroxylation is 1. The number of hydrogen-bond donors (Lipinski definition) is 1. The van der Waals surface area contributed by atoms with Gasteiger partial charge in [-0.2, -0.15) is 17.0 Å². The molecule has 1 atom stereocenters. The Morgan fingerprint density at radius 1 is 1.12 bits per heavy atom. The highest BCUT2D eigenvalue weighted by Crippen LogP contribution is 2.52. The van der Waals surface area contributed by atoms with Crippen molar-refractivity contribution in [1.82, 2.24) is 0 Å². The van der Waals surface area contributed by atoms with Gasteiger partial charge >= 0.3 is 0 Å². The monoisotopic (exact) mass is 612 g/mol. The molecule has 0 spiro atoms. The van der Waals surface area contributed by atoms with Gasteiger partial charge in [0.1, 0.15) is 5.82 Å². The average molecular weight is 613 g/mol. The van der Waals surface area contributed by atoms with Gasteiger partial charge in [0.15, 0.2) is 5.78 Å². The molecule has 220 valence electrons. The summed E-state index contributed by atoms with van der Waals surface area (Å²) in [6.45, 7) is 8.08. The van der Waals surface area contributed by atoms with E-state index in [4.69, 9.17) is 17.3 Å². The number of Topliss-reactive ketones (excluding diaryl/α,β-unsaturated/α-hetero) is 1. The third-order valence-electron chi connectivity index (χ3n) is 8.14. The second-order valence-electron chi connectivity index (χ2n) is 12.0. The normalized spacial score (nSPS) is 18.0. The number of benzene rings is 3. The number of nitrogens with two attached hydrogens (primary N) is 1. The first kappa shape index (κ1) is 30.4. The number of nitro benzene ring substituents is 1. The zero-order chi connectivity index (χ0) is 31.1. The lowest BCUT2D eigenvalue weighted by molar-refractivity contribution is -0.384. The van der Waals surface area contributed by atoms with Crippen molar-refractivity contribution in [2.24, 2.45) is 11.1 Å². The van der Waals surface area contributed by atoms with E-state index < -0.39 is 16.3 Å². The predicted octanol–water partition coefficient (Wildman–Crippen LogP) is 8.24. The van der Waals surface area contributed by atoms with E-state index >= 15 is 0 Å². The summed E-state index contributed by atoms with van der Waals surface area (Å²) in [7, 11) is 0. The highest BCUT2D eigenvalue weighted by molar-refractivity contribution is 7.97. The van der Waals surface area contributed by atoms with Crippen LogP contribution >= 0.6 is 23.4 Å². The Kier molecular flexibility index (Phi) is 8.42. The number of allylic oxidation sites excluding steroid dienone is 3. The van der Waals surface area contributed by atoms with E-state index in [1.54, 1.807) is 4.90 Å². The quantitative estimate of drug-likeness (QED) is 0.211. The van der Waals surface area contributed by atoms with Crippen LogP contribution in [0.15, 0.2) is 83.3 Å². The number of ketones is 1. The molecule has 1 aliphatic heterocycles. The zero-order valence-corrected chi connectivity index (χ0v) is 26.2. The molecule has 2 aliphatic rings. The molecule has 9 heteroatoms. The molecule has 0 radical (unpaired) electrons. The molecule has 0 fully saturated rings. The third-order valence-corrected chi connectivity index (χ3v) is 9.51. The fourth-order valence-corrected chi connectivity index (χ4v) is 7.40. The molecule has 1 heterocycles. The van der Waals surface area contributed by atoms with Gasteiger partial charge in [-0.05, 0) is 54.0 Å². The Balaban J connectivity index is 1.66. The molecule has 0 bridgehead atoms. The van der Waals surface area contributed by atoms with Crippen molar-refractivity contribution in [3.8, 4) is 6.07 Å². The highest BCUT2D eigenvalue weighted by atomic mass is 35.5. The van der Waals surface area contributed by atoms with Crippen LogP contribution in [0.1, 0.15) is 60.4 Å². The number of carbonyl (C=O) groups excluding carboxylic acids is 1. The second-order valence-corrected chi connectivity index (χ2v) is 13.4. The first-order valence-corrected chi connectivity index (χ1v) is 15.6. The van der Waals surface area contributed by atoms with Crippen molar-refractivity contribution in [3.63, 3.8) is 0 Å². The van der Waals surface area contributed by atoms with Crippen LogP contribution in [0.25, 0.3) is 0 Å². The maximum atomic E-state index is 14.0. The number of nitrogens with zero attached hydrogens (tertiary/aromatic N) is 3. The molecule has 43 heavy (non-hydrogen) atoms. The van der Waals surface area contributed by atoms with Crippen LogP contribution in [-0.2, 0) is 16.3 Å². The summed E-state index contributed by atoms with van der Waals surface area (Å²) in [6, 6.07) is 20.9. The molecule has 0 saturated carbocycles. The number of rotatable bonds is 7. The average Bonchev–Trinajstić information content (AvgIpc) is 2.94. The lowest BCUT2D eigenvalue weighted by Crippen LogP contribution is -2.42. The van der Waals surface area contributed by atoms with Crippen LogP contribution in [-0.4, -0.2) is 10.7 Å². The first-order chi connectivity index (χ1) is 20.4. The number of hydrogen-bond acceptors (Lipinski definition) is 7. The van der Waals surface area contributed by atoms with Gasteiger partial charge in [0.05, 0.1) is 33.2 Å². The number of non-ortho nitro benzene ring substituents is 1. The minimum absolute atomic E-state index is 0.0658. The first-order valence-electron chi connectivity index (χ1n) is 14.0. The van der Waals surface area contributed by atoms with Gasteiger partial charge in [-0.3, -0.25) is 19.8 Å². The van der Waals surface area contributed by atoms with Gasteiger partial charge < -0.3 is 5.73 Å². The van der Waals surface area contributed by atoms with Crippen LogP contribution in [0, 0.1) is 40.7 Å². The molecule has 1 unspecified atom stereocenters. The van der Waals surface area contributed by atoms with E-state index in [2.05, 4.69) is 24.3 Å². The summed E-state index contributed by atoms with van der Waals surface area (Å²) in [5.41, 5.74) is 13.2. The van der Waals surface area contributed by atoms with Crippen molar-refractivity contribution in [2.75, 3.05) is 4.90 Å². The molecule has 0 aromatic heterocycles. The fourth-order valence-electron chi connectivity index (χ4n) is 6.15. The van der Waals surface area contributed by atoms with Crippen LogP contribution in [0.4, 0.5) is 11.4 Å². The Labute approximate surface area is 261 Å². The summed E-state index contributed by atoms with van der Waals surface area (Å²) < 4.78 is 0. The smallest absolute Gasteiger partial charge is 0.271 e. The van der Waals surface area contributed by atoms with E-state index in [0.29, 0.717) is 24.1 Å². The lowest BCUT2D eigenvalue weighted by Gasteiger charge is -2.44. The van der Waals surface area contributed by atoms with Crippen molar-refractivity contribution in [1.29, 1.82) is 5.26 Å². The topological polar surface area (TPSA) is 113 Å². The van der Waals surface area contributed by atoms with Gasteiger partial charge in [0.25, 0.3) is 5.69 Å². The summed E-state index contributed by atoms with van der Waals surface area (Å²) in [5.74, 6) is 1.04. The maximum absolute atomic E-state index is 14.0. The van der Waals surface area contributed by atoms with E-state index in [0.717, 1.165) is 33.8 Å². The van der Waals surface area contributed by atoms with Gasteiger partial charge in [0, 0.05) is 41.3 Å². The number of anilines is 1.